The zero-order chi connectivity index (χ0) is 32.1. The monoisotopic (exact) mass is 631 g/mol. The molecule has 1 fully saturated rings. The van der Waals surface area contributed by atoms with Crippen LogP contribution in [0.3, 0.4) is 0 Å². The van der Waals surface area contributed by atoms with Crippen molar-refractivity contribution < 1.29 is 67.0 Å². The van der Waals surface area contributed by atoms with Crippen molar-refractivity contribution in [1.82, 2.24) is 4.90 Å². The van der Waals surface area contributed by atoms with Gasteiger partial charge in [-0.25, -0.2) is 4.79 Å². The largest absolute Gasteiger partial charge is 0.496 e. The summed E-state index contributed by atoms with van der Waals surface area (Å²) in [5, 5.41) is 0. The number of rotatable bonds is 5. The third-order valence-corrected chi connectivity index (χ3v) is 6.48. The summed E-state index contributed by atoms with van der Waals surface area (Å²) >= 11 is 0. The van der Waals surface area contributed by atoms with Gasteiger partial charge in [-0.3, -0.25) is 4.90 Å². The van der Waals surface area contributed by atoms with Crippen molar-refractivity contribution >= 4 is 6.09 Å². The summed E-state index contributed by atoms with van der Waals surface area (Å²) in [5.41, 5.74) is -7.31. The Morgan fingerprint density at radius 2 is 1.21 bits per heavy atom. The van der Waals surface area contributed by atoms with Crippen LogP contribution in [-0.4, -0.2) is 24.6 Å². The number of carbonyl (C=O) groups excluding carboxylic acids is 1. The Morgan fingerprint density at radius 1 is 0.698 bits per heavy atom. The first-order valence-electron chi connectivity index (χ1n) is 11.9. The number of hydrogen-bond donors (Lipinski definition) is 0. The minimum Gasteiger partial charge on any atom is -0.496 e. The smallest absolute Gasteiger partial charge is 0.416 e. The number of alkyl halides is 12. The second-order valence-corrected chi connectivity index (χ2v) is 9.37. The van der Waals surface area contributed by atoms with Gasteiger partial charge in [-0.1, -0.05) is 6.07 Å². The molecule has 1 heterocycles. The van der Waals surface area contributed by atoms with Gasteiger partial charge < -0.3 is 9.47 Å². The molecule has 0 spiro atoms. The van der Waals surface area contributed by atoms with Crippen LogP contribution in [0.5, 0.6) is 5.75 Å². The Labute approximate surface area is 234 Å². The van der Waals surface area contributed by atoms with Crippen LogP contribution in [0.2, 0.25) is 0 Å². The van der Waals surface area contributed by atoms with E-state index in [9.17, 15) is 57.5 Å². The molecular formula is C27H17F12NO3. The Morgan fingerprint density at radius 3 is 1.72 bits per heavy atom. The standard InChI is InChI=1S/C27H17F12NO3/c1-42-21-5-3-16(25(31,32)33)10-20(21)19-4-2-15(24(28,29)30)8-14(19)11-40-12-22(43-23(40)41)13-6-17(26(34,35)36)9-18(7-13)27(37,38)39/h2-10,22H,11-12H2,1H3/t22-/m0/s1. The Bertz CT molecular complexity index is 1490. The van der Waals surface area contributed by atoms with Crippen LogP contribution >= 0.6 is 0 Å². The average Bonchev–Trinajstić information content (AvgIpc) is 3.26. The van der Waals surface area contributed by atoms with Crippen molar-refractivity contribution in [3.8, 4) is 16.9 Å². The molecule has 16 heteroatoms. The van der Waals surface area contributed by atoms with Gasteiger partial charge in [0.1, 0.15) is 11.9 Å². The highest BCUT2D eigenvalue weighted by Gasteiger charge is 2.41. The number of halogens is 12. The predicted octanol–water partition coefficient (Wildman–Crippen LogP) is 9.13. The van der Waals surface area contributed by atoms with Crippen LogP contribution in [0.25, 0.3) is 11.1 Å². The second kappa shape index (κ2) is 10.9. The lowest BCUT2D eigenvalue weighted by atomic mass is 9.94. The summed E-state index contributed by atoms with van der Waals surface area (Å²) in [6.07, 6.45) is -23.2. The van der Waals surface area contributed by atoms with Gasteiger partial charge in [0.05, 0.1) is 35.9 Å². The SMILES string of the molecule is COc1ccc(C(F)(F)F)cc1-c1ccc(C(F)(F)F)cc1CN1C[C@@H](c2cc(C(F)(F)F)cc(C(F)(F)F)c2)OC1=O. The molecule has 0 radical (unpaired) electrons. The number of ether oxygens (including phenoxy) is 2. The van der Waals surface area contributed by atoms with Crippen LogP contribution in [0.15, 0.2) is 54.6 Å². The first-order valence-corrected chi connectivity index (χ1v) is 11.9. The minimum absolute atomic E-state index is 0.130. The van der Waals surface area contributed by atoms with Gasteiger partial charge in [-0.15, -0.1) is 0 Å². The summed E-state index contributed by atoms with van der Waals surface area (Å²) < 4.78 is 171. The zero-order valence-electron chi connectivity index (χ0n) is 21.4. The maximum atomic E-state index is 13.5. The predicted molar refractivity (Wildman–Crippen MR) is 125 cm³/mol. The third kappa shape index (κ3) is 6.94. The van der Waals surface area contributed by atoms with Gasteiger partial charge in [0, 0.05) is 12.1 Å². The van der Waals surface area contributed by atoms with Gasteiger partial charge in [0.2, 0.25) is 0 Å². The molecule has 1 aliphatic rings. The second-order valence-electron chi connectivity index (χ2n) is 9.37. The van der Waals surface area contributed by atoms with Crippen LogP contribution in [-0.2, 0) is 36.0 Å². The Hall–Kier alpha value is -4.11. The number of hydrogen-bond acceptors (Lipinski definition) is 3. The highest BCUT2D eigenvalue weighted by molar-refractivity contribution is 5.76. The molecule has 0 saturated carbocycles. The van der Waals surface area contributed by atoms with E-state index in [1.807, 2.05) is 0 Å². The molecule has 4 rings (SSSR count). The molecule has 3 aromatic carbocycles. The molecule has 0 bridgehead atoms. The quantitative estimate of drug-likeness (QED) is 0.264. The number of amides is 1. The summed E-state index contributed by atoms with van der Waals surface area (Å²) in [5.74, 6) is -0.167. The van der Waals surface area contributed by atoms with E-state index in [0.717, 1.165) is 19.2 Å². The topological polar surface area (TPSA) is 38.8 Å². The Kier molecular flexibility index (Phi) is 8.04. The Balaban J connectivity index is 1.76. The lowest BCUT2D eigenvalue weighted by Gasteiger charge is -2.20. The first kappa shape index (κ1) is 31.8. The van der Waals surface area contributed by atoms with E-state index in [4.69, 9.17) is 9.47 Å². The highest BCUT2D eigenvalue weighted by Crippen LogP contribution is 2.42. The molecule has 43 heavy (non-hydrogen) atoms. The van der Waals surface area contributed by atoms with Gasteiger partial charge in [-0.05, 0) is 65.2 Å². The molecule has 4 nitrogen and oxygen atoms in total. The number of benzene rings is 3. The number of methoxy groups -OCH3 is 1. The highest BCUT2D eigenvalue weighted by atomic mass is 19.4. The maximum Gasteiger partial charge on any atom is 0.416 e. The molecule has 1 amide bonds. The molecule has 0 aromatic heterocycles. The summed E-state index contributed by atoms with van der Waals surface area (Å²) in [6.45, 7) is -1.45. The molecule has 0 N–H and O–H groups in total. The maximum absolute atomic E-state index is 13.5. The van der Waals surface area contributed by atoms with Gasteiger partial charge in [-0.2, -0.15) is 52.7 Å². The van der Waals surface area contributed by atoms with E-state index < -0.39 is 77.8 Å². The summed E-state index contributed by atoms with van der Waals surface area (Å²) in [4.78, 5) is 13.3. The van der Waals surface area contributed by atoms with E-state index in [0.29, 0.717) is 41.3 Å². The molecule has 1 atom stereocenters. The molecule has 0 unspecified atom stereocenters. The van der Waals surface area contributed by atoms with E-state index in [1.165, 1.54) is 0 Å². The van der Waals surface area contributed by atoms with Crippen molar-refractivity contribution in [1.29, 1.82) is 0 Å². The number of carbonyl (C=O) groups is 1. The molecule has 1 aliphatic heterocycles. The van der Waals surface area contributed by atoms with Crippen LogP contribution in [0.4, 0.5) is 57.5 Å². The molecule has 0 aliphatic carbocycles. The normalized spacial score (nSPS) is 16.4. The minimum atomic E-state index is -5.20. The molecule has 3 aromatic rings. The average molecular weight is 631 g/mol. The van der Waals surface area contributed by atoms with Crippen molar-refractivity contribution in [3.63, 3.8) is 0 Å². The lowest BCUT2D eigenvalue weighted by molar-refractivity contribution is -0.143. The third-order valence-electron chi connectivity index (χ3n) is 6.48. The fourth-order valence-corrected chi connectivity index (χ4v) is 4.44. The van der Waals surface area contributed by atoms with Crippen molar-refractivity contribution in [2.45, 2.75) is 37.4 Å². The first-order chi connectivity index (χ1) is 19.7. The zero-order valence-corrected chi connectivity index (χ0v) is 21.4. The fraction of sp³-hybridized carbons (Fsp3) is 0.296. The van der Waals surface area contributed by atoms with Crippen LogP contribution < -0.4 is 4.74 Å². The van der Waals surface area contributed by atoms with Crippen LogP contribution in [0.1, 0.15) is 39.5 Å². The van der Waals surface area contributed by atoms with Gasteiger partial charge >= 0.3 is 30.8 Å². The molecule has 1 saturated heterocycles. The van der Waals surface area contributed by atoms with Crippen molar-refractivity contribution in [2.75, 3.05) is 13.7 Å². The van der Waals surface area contributed by atoms with Gasteiger partial charge in [0.15, 0.2) is 0 Å². The number of cyclic esters (lactones) is 1. The summed E-state index contributed by atoms with van der Waals surface area (Å²) in [6, 6.07) is 4.81. The molecular weight excluding hydrogens is 614 g/mol. The van der Waals surface area contributed by atoms with E-state index in [-0.39, 0.29) is 28.5 Å². The van der Waals surface area contributed by atoms with Crippen molar-refractivity contribution in [2.24, 2.45) is 0 Å². The van der Waals surface area contributed by atoms with Crippen molar-refractivity contribution in [3.05, 3.63) is 88.0 Å². The number of nitrogens with zero attached hydrogens (tertiary/aromatic N) is 1. The van der Waals surface area contributed by atoms with E-state index in [1.54, 1.807) is 0 Å². The summed E-state index contributed by atoms with van der Waals surface area (Å²) in [7, 11) is 1.10. The van der Waals surface area contributed by atoms with E-state index in [2.05, 4.69) is 0 Å². The lowest BCUT2D eigenvalue weighted by Crippen LogP contribution is -2.24. The van der Waals surface area contributed by atoms with Gasteiger partial charge in [0.25, 0.3) is 0 Å². The molecule has 232 valence electrons. The van der Waals surface area contributed by atoms with Crippen LogP contribution in [0, 0.1) is 0 Å². The fourth-order valence-electron chi connectivity index (χ4n) is 4.44. The van der Waals surface area contributed by atoms with E-state index >= 15 is 0 Å².